The maximum atomic E-state index is 13.5. The Morgan fingerprint density at radius 1 is 1.12 bits per heavy atom. The topological polar surface area (TPSA) is 86.8 Å². The van der Waals surface area contributed by atoms with Gasteiger partial charge in [0.2, 0.25) is 21.8 Å². The zero-order valence-corrected chi connectivity index (χ0v) is 23.5. The number of carbonyl (C=O) groups excluding carboxylic acids is 2. The Labute approximate surface area is 219 Å². The zero-order valence-electron chi connectivity index (χ0n) is 19.6. The number of rotatable bonds is 8. The highest BCUT2D eigenvalue weighted by molar-refractivity contribution is 9.10. The summed E-state index contributed by atoms with van der Waals surface area (Å²) in [4.78, 5) is 27.8. The van der Waals surface area contributed by atoms with Gasteiger partial charge in [-0.2, -0.15) is 0 Å². The standard InChI is InChI=1S/C23H28BrCl2N3O4S/c1-15(22(31)27-23(2,3)4)28(13-16-9-10-18(25)12-20(16)26)21(30)14-29(34(5,32)33)19-8-6-7-17(24)11-19/h6-12,15H,13-14H2,1-5H3,(H,27,31)/t15-/m1/s1. The van der Waals surface area contributed by atoms with Gasteiger partial charge in [0, 0.05) is 26.6 Å². The molecule has 2 aromatic carbocycles. The Bertz CT molecular complexity index is 1170. The normalized spacial score (nSPS) is 12.7. The van der Waals surface area contributed by atoms with E-state index in [-0.39, 0.29) is 12.5 Å². The highest BCUT2D eigenvalue weighted by Crippen LogP contribution is 2.25. The van der Waals surface area contributed by atoms with Crippen LogP contribution in [0, 0.1) is 0 Å². The molecule has 0 saturated heterocycles. The minimum atomic E-state index is -3.80. The molecule has 34 heavy (non-hydrogen) atoms. The van der Waals surface area contributed by atoms with E-state index < -0.39 is 34.1 Å². The number of halogens is 3. The average molecular weight is 593 g/mol. The van der Waals surface area contributed by atoms with Crippen LogP contribution >= 0.6 is 39.1 Å². The van der Waals surface area contributed by atoms with Crippen molar-refractivity contribution in [1.82, 2.24) is 10.2 Å². The van der Waals surface area contributed by atoms with Gasteiger partial charge >= 0.3 is 0 Å². The molecule has 7 nitrogen and oxygen atoms in total. The van der Waals surface area contributed by atoms with E-state index in [9.17, 15) is 18.0 Å². The van der Waals surface area contributed by atoms with Gasteiger partial charge in [0.05, 0.1) is 11.9 Å². The molecule has 0 saturated carbocycles. The van der Waals surface area contributed by atoms with Crippen LogP contribution in [0.4, 0.5) is 5.69 Å². The van der Waals surface area contributed by atoms with Crippen molar-refractivity contribution < 1.29 is 18.0 Å². The van der Waals surface area contributed by atoms with Gasteiger partial charge in [-0.1, -0.05) is 51.3 Å². The Hall–Kier alpha value is -1.81. The number of hydrogen-bond donors (Lipinski definition) is 1. The van der Waals surface area contributed by atoms with Gasteiger partial charge in [-0.25, -0.2) is 8.42 Å². The fourth-order valence-electron chi connectivity index (χ4n) is 3.14. The number of amides is 2. The van der Waals surface area contributed by atoms with Crippen LogP contribution in [0.25, 0.3) is 0 Å². The van der Waals surface area contributed by atoms with E-state index in [4.69, 9.17) is 23.2 Å². The van der Waals surface area contributed by atoms with E-state index in [2.05, 4.69) is 21.2 Å². The molecule has 0 spiro atoms. The fourth-order valence-corrected chi connectivity index (χ4v) is 4.83. The van der Waals surface area contributed by atoms with Gasteiger partial charge in [-0.05, 0) is 63.6 Å². The molecule has 0 bridgehead atoms. The third-order valence-corrected chi connectivity index (χ3v) is 7.02. The number of carbonyl (C=O) groups is 2. The highest BCUT2D eigenvalue weighted by Gasteiger charge is 2.31. The molecule has 2 amide bonds. The molecular weight excluding hydrogens is 565 g/mol. The number of nitrogens with one attached hydrogen (secondary N) is 1. The summed E-state index contributed by atoms with van der Waals surface area (Å²) in [6, 6.07) is 10.6. The van der Waals surface area contributed by atoms with Crippen LogP contribution in [-0.4, -0.2) is 49.5 Å². The number of hydrogen-bond acceptors (Lipinski definition) is 4. The molecule has 0 fully saturated rings. The number of benzene rings is 2. The molecular formula is C23H28BrCl2N3O4S. The summed E-state index contributed by atoms with van der Waals surface area (Å²) in [5, 5.41) is 3.63. The molecule has 0 radical (unpaired) electrons. The van der Waals surface area contributed by atoms with E-state index in [1.165, 1.54) is 4.90 Å². The molecule has 1 atom stereocenters. The van der Waals surface area contributed by atoms with Crippen LogP contribution in [0.15, 0.2) is 46.9 Å². The molecule has 186 valence electrons. The smallest absolute Gasteiger partial charge is 0.244 e. The van der Waals surface area contributed by atoms with Crippen molar-refractivity contribution in [3.63, 3.8) is 0 Å². The maximum absolute atomic E-state index is 13.5. The quantitative estimate of drug-likeness (QED) is 0.474. The molecule has 1 N–H and O–H groups in total. The lowest BCUT2D eigenvalue weighted by Gasteiger charge is -2.33. The molecule has 0 aliphatic rings. The summed E-state index contributed by atoms with van der Waals surface area (Å²) >= 11 is 15.6. The van der Waals surface area contributed by atoms with Gasteiger partial charge in [-0.15, -0.1) is 0 Å². The molecule has 0 aromatic heterocycles. The van der Waals surface area contributed by atoms with Crippen molar-refractivity contribution >= 4 is 66.7 Å². The van der Waals surface area contributed by atoms with E-state index >= 15 is 0 Å². The first-order chi connectivity index (χ1) is 15.6. The molecule has 2 rings (SSSR count). The SMILES string of the molecule is C[C@H](C(=O)NC(C)(C)C)N(Cc1ccc(Cl)cc1Cl)C(=O)CN(c1cccc(Br)c1)S(C)(=O)=O. The Kier molecular flexibility index (Phi) is 9.44. The Morgan fingerprint density at radius 3 is 2.29 bits per heavy atom. The fraction of sp³-hybridized carbons (Fsp3) is 0.391. The minimum Gasteiger partial charge on any atom is -0.350 e. The Morgan fingerprint density at radius 2 is 1.76 bits per heavy atom. The second-order valence-corrected chi connectivity index (χ2v) is 12.6. The largest absolute Gasteiger partial charge is 0.350 e. The molecule has 0 heterocycles. The monoisotopic (exact) mass is 591 g/mol. The summed E-state index contributed by atoms with van der Waals surface area (Å²) in [5.74, 6) is -0.938. The van der Waals surface area contributed by atoms with Crippen LogP contribution in [0.3, 0.4) is 0 Å². The van der Waals surface area contributed by atoms with Crippen molar-refractivity contribution in [2.24, 2.45) is 0 Å². The van der Waals surface area contributed by atoms with E-state index in [0.717, 1.165) is 10.6 Å². The maximum Gasteiger partial charge on any atom is 0.244 e. The first-order valence-electron chi connectivity index (χ1n) is 10.4. The van der Waals surface area contributed by atoms with Crippen molar-refractivity contribution in [3.8, 4) is 0 Å². The molecule has 0 unspecified atom stereocenters. The first-order valence-corrected chi connectivity index (χ1v) is 13.8. The van der Waals surface area contributed by atoms with E-state index in [1.54, 1.807) is 49.4 Å². The number of nitrogens with zero attached hydrogens (tertiary/aromatic N) is 2. The lowest BCUT2D eigenvalue weighted by Crippen LogP contribution is -2.54. The lowest BCUT2D eigenvalue weighted by atomic mass is 10.1. The zero-order chi connectivity index (χ0) is 25.8. The summed E-state index contributed by atoms with van der Waals surface area (Å²) in [6.45, 7) is 6.58. The molecule has 11 heteroatoms. The summed E-state index contributed by atoms with van der Waals surface area (Å²) in [6.07, 6.45) is 1.03. The third-order valence-electron chi connectivity index (χ3n) is 4.80. The second kappa shape index (κ2) is 11.3. The first kappa shape index (κ1) is 28.4. The van der Waals surface area contributed by atoms with Gasteiger partial charge < -0.3 is 10.2 Å². The molecule has 2 aromatic rings. The van der Waals surface area contributed by atoms with Gasteiger partial charge in [-0.3, -0.25) is 13.9 Å². The van der Waals surface area contributed by atoms with Gasteiger partial charge in [0.15, 0.2) is 0 Å². The van der Waals surface area contributed by atoms with Crippen LogP contribution in [-0.2, 0) is 26.2 Å². The predicted molar refractivity (Wildman–Crippen MR) is 141 cm³/mol. The average Bonchev–Trinajstić information content (AvgIpc) is 2.68. The van der Waals surface area contributed by atoms with Crippen LogP contribution in [0.1, 0.15) is 33.3 Å². The predicted octanol–water partition coefficient (Wildman–Crippen LogP) is 4.85. The van der Waals surface area contributed by atoms with Crippen LogP contribution < -0.4 is 9.62 Å². The Balaban J connectivity index is 2.44. The van der Waals surface area contributed by atoms with Crippen molar-refractivity contribution in [2.75, 3.05) is 17.1 Å². The van der Waals surface area contributed by atoms with Gasteiger partial charge in [0.1, 0.15) is 12.6 Å². The summed E-state index contributed by atoms with van der Waals surface area (Å²) in [5.41, 5.74) is 0.372. The third kappa shape index (κ3) is 8.15. The molecule has 0 aliphatic heterocycles. The minimum absolute atomic E-state index is 0.0103. The summed E-state index contributed by atoms with van der Waals surface area (Å²) < 4.78 is 26.8. The lowest BCUT2D eigenvalue weighted by molar-refractivity contribution is -0.140. The van der Waals surface area contributed by atoms with Crippen molar-refractivity contribution in [2.45, 2.75) is 45.8 Å². The second-order valence-electron chi connectivity index (χ2n) is 8.92. The molecule has 0 aliphatic carbocycles. The number of sulfonamides is 1. The number of anilines is 1. The van der Waals surface area contributed by atoms with Crippen LogP contribution in [0.2, 0.25) is 10.0 Å². The van der Waals surface area contributed by atoms with Crippen LogP contribution in [0.5, 0.6) is 0 Å². The van der Waals surface area contributed by atoms with Crippen molar-refractivity contribution in [3.05, 3.63) is 62.5 Å². The van der Waals surface area contributed by atoms with Crippen molar-refractivity contribution in [1.29, 1.82) is 0 Å². The van der Waals surface area contributed by atoms with E-state index in [0.29, 0.717) is 25.8 Å². The van der Waals surface area contributed by atoms with Gasteiger partial charge in [0.25, 0.3) is 0 Å². The summed E-state index contributed by atoms with van der Waals surface area (Å²) in [7, 11) is -3.80. The highest BCUT2D eigenvalue weighted by atomic mass is 79.9. The van der Waals surface area contributed by atoms with E-state index in [1.807, 2.05) is 20.8 Å².